The van der Waals surface area contributed by atoms with Crippen LogP contribution < -0.4 is 10.6 Å². The molecule has 0 bridgehead atoms. The number of aryl methyl sites for hydroxylation is 1. The summed E-state index contributed by atoms with van der Waals surface area (Å²) in [6.07, 6.45) is 2.16. The first-order valence-electron chi connectivity index (χ1n) is 6.16. The number of benzene rings is 1. The third kappa shape index (κ3) is 3.17. The first kappa shape index (κ1) is 13.2. The zero-order chi connectivity index (χ0) is 13.7. The molecule has 0 atom stereocenters. The van der Waals surface area contributed by atoms with Gasteiger partial charge in [-0.05, 0) is 37.6 Å². The Balaban J connectivity index is 2.28. The van der Waals surface area contributed by atoms with Gasteiger partial charge in [-0.2, -0.15) is 15.4 Å². The molecular weight excluding hydrogens is 242 g/mol. The Morgan fingerprint density at radius 1 is 1.47 bits per heavy atom. The Morgan fingerprint density at radius 2 is 2.32 bits per heavy atom. The van der Waals surface area contributed by atoms with E-state index in [1.807, 2.05) is 31.2 Å². The van der Waals surface area contributed by atoms with E-state index in [9.17, 15) is 4.79 Å². The topological polar surface area (TPSA) is 87.9 Å². The molecule has 19 heavy (non-hydrogen) atoms. The van der Waals surface area contributed by atoms with Crippen LogP contribution in [0.5, 0.6) is 0 Å². The SMILES string of the molecule is Cc1cccc(N(CCCN)C(=O)c2cn[nH]n2)c1. The molecule has 1 amide bonds. The van der Waals surface area contributed by atoms with Gasteiger partial charge in [0.05, 0.1) is 6.20 Å². The molecule has 1 aromatic carbocycles. The largest absolute Gasteiger partial charge is 0.330 e. The molecular formula is C13H17N5O. The predicted molar refractivity (Wildman–Crippen MR) is 72.9 cm³/mol. The number of carbonyl (C=O) groups is 1. The summed E-state index contributed by atoms with van der Waals surface area (Å²) in [5, 5.41) is 9.96. The fourth-order valence-corrected chi connectivity index (χ4v) is 1.84. The number of nitrogens with zero attached hydrogens (tertiary/aromatic N) is 3. The van der Waals surface area contributed by atoms with Crippen LogP contribution in [0.4, 0.5) is 5.69 Å². The van der Waals surface area contributed by atoms with Crippen molar-refractivity contribution in [1.29, 1.82) is 0 Å². The lowest BCUT2D eigenvalue weighted by Crippen LogP contribution is -2.33. The van der Waals surface area contributed by atoms with Crippen molar-refractivity contribution in [1.82, 2.24) is 15.4 Å². The van der Waals surface area contributed by atoms with Crippen molar-refractivity contribution in [2.75, 3.05) is 18.0 Å². The number of anilines is 1. The molecule has 0 saturated carbocycles. The van der Waals surface area contributed by atoms with E-state index >= 15 is 0 Å². The van der Waals surface area contributed by atoms with Crippen molar-refractivity contribution in [3.8, 4) is 0 Å². The third-order valence-electron chi connectivity index (χ3n) is 2.78. The Labute approximate surface area is 111 Å². The highest BCUT2D eigenvalue weighted by atomic mass is 16.2. The van der Waals surface area contributed by atoms with Crippen LogP contribution >= 0.6 is 0 Å². The van der Waals surface area contributed by atoms with Crippen molar-refractivity contribution in [3.63, 3.8) is 0 Å². The van der Waals surface area contributed by atoms with Crippen LogP contribution in [-0.2, 0) is 0 Å². The molecule has 3 N–H and O–H groups in total. The fraction of sp³-hybridized carbons (Fsp3) is 0.308. The minimum absolute atomic E-state index is 0.173. The first-order chi connectivity index (χ1) is 9.22. The molecule has 0 aliphatic carbocycles. The number of nitrogens with one attached hydrogen (secondary N) is 1. The van der Waals surface area contributed by atoms with E-state index < -0.39 is 0 Å². The highest BCUT2D eigenvalue weighted by Crippen LogP contribution is 2.18. The molecule has 0 saturated heterocycles. The molecule has 1 heterocycles. The summed E-state index contributed by atoms with van der Waals surface area (Å²) < 4.78 is 0. The number of carbonyl (C=O) groups excluding carboxylic acids is 1. The summed E-state index contributed by atoms with van der Waals surface area (Å²) in [4.78, 5) is 14.1. The average Bonchev–Trinajstić information content (AvgIpc) is 2.93. The van der Waals surface area contributed by atoms with E-state index in [-0.39, 0.29) is 5.91 Å². The van der Waals surface area contributed by atoms with Gasteiger partial charge in [-0.25, -0.2) is 0 Å². The molecule has 0 unspecified atom stereocenters. The maximum absolute atomic E-state index is 12.4. The summed E-state index contributed by atoms with van der Waals surface area (Å²) in [5.41, 5.74) is 7.78. The molecule has 1 aromatic heterocycles. The van der Waals surface area contributed by atoms with Gasteiger partial charge in [0.2, 0.25) is 0 Å². The maximum atomic E-state index is 12.4. The van der Waals surface area contributed by atoms with Gasteiger partial charge in [0.25, 0.3) is 5.91 Å². The highest BCUT2D eigenvalue weighted by molar-refractivity contribution is 6.04. The van der Waals surface area contributed by atoms with Crippen molar-refractivity contribution in [2.45, 2.75) is 13.3 Å². The molecule has 6 nitrogen and oxygen atoms in total. The minimum Gasteiger partial charge on any atom is -0.330 e. The number of hydrogen-bond donors (Lipinski definition) is 2. The van der Waals surface area contributed by atoms with Crippen LogP contribution in [0.1, 0.15) is 22.5 Å². The number of aromatic nitrogens is 3. The smallest absolute Gasteiger partial charge is 0.280 e. The minimum atomic E-state index is -0.173. The number of amides is 1. The predicted octanol–water partition coefficient (Wildman–Crippen LogP) is 1.11. The molecule has 100 valence electrons. The van der Waals surface area contributed by atoms with Gasteiger partial charge in [-0.1, -0.05) is 12.1 Å². The van der Waals surface area contributed by atoms with E-state index in [2.05, 4.69) is 15.4 Å². The van der Waals surface area contributed by atoms with Crippen LogP contribution in [0.25, 0.3) is 0 Å². The van der Waals surface area contributed by atoms with Crippen LogP contribution in [0.2, 0.25) is 0 Å². The van der Waals surface area contributed by atoms with Gasteiger partial charge < -0.3 is 10.6 Å². The summed E-state index contributed by atoms with van der Waals surface area (Å²) in [6, 6.07) is 7.79. The quantitative estimate of drug-likeness (QED) is 0.842. The van der Waals surface area contributed by atoms with Crippen LogP contribution in [0.15, 0.2) is 30.5 Å². The van der Waals surface area contributed by atoms with Crippen LogP contribution in [0.3, 0.4) is 0 Å². The second-order valence-corrected chi connectivity index (χ2v) is 4.29. The van der Waals surface area contributed by atoms with Gasteiger partial charge in [-0.3, -0.25) is 4.79 Å². The molecule has 0 aliphatic heterocycles. The fourth-order valence-electron chi connectivity index (χ4n) is 1.84. The number of hydrogen-bond acceptors (Lipinski definition) is 4. The lowest BCUT2D eigenvalue weighted by Gasteiger charge is -2.22. The van der Waals surface area contributed by atoms with Gasteiger partial charge >= 0.3 is 0 Å². The van der Waals surface area contributed by atoms with E-state index in [0.717, 1.165) is 17.7 Å². The Kier molecular flexibility index (Phi) is 4.25. The monoisotopic (exact) mass is 259 g/mol. The van der Waals surface area contributed by atoms with Crippen LogP contribution in [-0.4, -0.2) is 34.4 Å². The normalized spacial score (nSPS) is 10.4. The second-order valence-electron chi connectivity index (χ2n) is 4.29. The van der Waals surface area contributed by atoms with E-state index in [1.165, 1.54) is 6.20 Å². The number of aromatic amines is 1. The number of rotatable bonds is 5. The first-order valence-corrected chi connectivity index (χ1v) is 6.16. The van der Waals surface area contributed by atoms with Crippen molar-refractivity contribution >= 4 is 11.6 Å². The van der Waals surface area contributed by atoms with E-state index in [4.69, 9.17) is 5.73 Å². The van der Waals surface area contributed by atoms with Crippen LogP contribution in [0, 0.1) is 6.92 Å². The molecule has 0 fully saturated rings. The van der Waals surface area contributed by atoms with Gasteiger partial charge in [0.1, 0.15) is 0 Å². The highest BCUT2D eigenvalue weighted by Gasteiger charge is 2.19. The average molecular weight is 259 g/mol. The van der Waals surface area contributed by atoms with E-state index in [1.54, 1.807) is 4.90 Å². The lowest BCUT2D eigenvalue weighted by molar-refractivity contribution is 0.0982. The maximum Gasteiger partial charge on any atom is 0.280 e. The van der Waals surface area contributed by atoms with Crippen molar-refractivity contribution in [3.05, 3.63) is 41.7 Å². The second kappa shape index (κ2) is 6.10. The molecule has 0 spiro atoms. The standard InChI is InChI=1S/C13H17N5O/c1-10-4-2-5-11(8-10)18(7-3-6-14)13(19)12-9-15-17-16-12/h2,4-5,8-9H,3,6-7,14H2,1H3,(H,15,16,17). The summed E-state index contributed by atoms with van der Waals surface area (Å²) in [7, 11) is 0. The van der Waals surface area contributed by atoms with Gasteiger partial charge in [0, 0.05) is 12.2 Å². The molecule has 0 aliphatic rings. The zero-order valence-electron chi connectivity index (χ0n) is 10.8. The molecule has 2 aromatic rings. The van der Waals surface area contributed by atoms with Crippen molar-refractivity contribution < 1.29 is 4.79 Å². The summed E-state index contributed by atoms with van der Waals surface area (Å²) >= 11 is 0. The van der Waals surface area contributed by atoms with Gasteiger partial charge in [0.15, 0.2) is 5.69 Å². The summed E-state index contributed by atoms with van der Waals surface area (Å²) in [6.45, 7) is 3.09. The Hall–Kier alpha value is -2.21. The van der Waals surface area contributed by atoms with Gasteiger partial charge in [-0.15, -0.1) is 0 Å². The lowest BCUT2D eigenvalue weighted by atomic mass is 10.2. The van der Waals surface area contributed by atoms with E-state index in [0.29, 0.717) is 18.8 Å². The van der Waals surface area contributed by atoms with Crippen molar-refractivity contribution in [2.24, 2.45) is 5.73 Å². The molecule has 0 radical (unpaired) electrons. The molecule has 6 heteroatoms. The number of H-pyrrole nitrogens is 1. The Bertz CT molecular complexity index is 538. The number of nitrogens with two attached hydrogens (primary N) is 1. The summed E-state index contributed by atoms with van der Waals surface area (Å²) in [5.74, 6) is -0.173. The zero-order valence-corrected chi connectivity index (χ0v) is 10.8. The third-order valence-corrected chi connectivity index (χ3v) is 2.78. The Morgan fingerprint density at radius 3 is 2.95 bits per heavy atom. The molecule has 2 rings (SSSR count).